The van der Waals surface area contributed by atoms with Crippen molar-refractivity contribution in [3.8, 4) is 0 Å². The Labute approximate surface area is 180 Å². The molecule has 0 amide bonds. The highest BCUT2D eigenvalue weighted by molar-refractivity contribution is 14.0. The van der Waals surface area contributed by atoms with E-state index in [-0.39, 0.29) is 29.4 Å². The van der Waals surface area contributed by atoms with E-state index in [1.165, 1.54) is 5.56 Å². The van der Waals surface area contributed by atoms with E-state index in [0.717, 1.165) is 37.7 Å². The molecule has 0 unspecified atom stereocenters. The van der Waals surface area contributed by atoms with Crippen LogP contribution in [0.2, 0.25) is 0 Å². The minimum atomic E-state index is 0. The fraction of sp³-hybridized carbons (Fsp3) is 0.550. The summed E-state index contributed by atoms with van der Waals surface area (Å²) in [6, 6.07) is 10.7. The van der Waals surface area contributed by atoms with Gasteiger partial charge in [-0.25, -0.2) is 4.98 Å². The molecular formula is C20H33IN6. The number of hydrogen-bond acceptors (Lipinski definition) is 3. The number of aryl methyl sites for hydroxylation is 1. The van der Waals surface area contributed by atoms with Gasteiger partial charge in [-0.3, -0.25) is 9.67 Å². The minimum Gasteiger partial charge on any atom is -0.357 e. The third kappa shape index (κ3) is 5.92. The molecule has 7 heteroatoms. The molecule has 0 bridgehead atoms. The van der Waals surface area contributed by atoms with Gasteiger partial charge in [-0.2, -0.15) is 5.10 Å². The number of benzene rings is 1. The summed E-state index contributed by atoms with van der Waals surface area (Å²) in [7, 11) is 3.95. The SMILES string of the molecule is CCNC(=NCC(CC)(CC)c1ccccc1)N(C)Cc1ncnn1C.I. The van der Waals surface area contributed by atoms with Crippen LogP contribution in [0.3, 0.4) is 0 Å². The fourth-order valence-electron chi connectivity index (χ4n) is 3.21. The minimum absolute atomic E-state index is 0. The number of aliphatic imine (C=N–C) groups is 1. The van der Waals surface area contributed by atoms with E-state index < -0.39 is 0 Å². The Balaban J connectivity index is 0.00000364. The van der Waals surface area contributed by atoms with Crippen molar-refractivity contribution in [1.29, 1.82) is 0 Å². The van der Waals surface area contributed by atoms with Gasteiger partial charge in [0.2, 0.25) is 0 Å². The standard InChI is InChI=1S/C20H32N6.HI/c1-6-20(7-2,17-12-10-9-11-13-17)15-22-19(21-8-3)25(4)14-18-23-16-24-26(18)5;/h9-13,16H,6-8,14-15H2,1-5H3,(H,21,22);1H. The average molecular weight is 484 g/mol. The van der Waals surface area contributed by atoms with Gasteiger partial charge in [0.15, 0.2) is 5.96 Å². The van der Waals surface area contributed by atoms with Crippen LogP contribution >= 0.6 is 24.0 Å². The summed E-state index contributed by atoms with van der Waals surface area (Å²) in [5, 5.41) is 7.55. The summed E-state index contributed by atoms with van der Waals surface area (Å²) in [5.41, 5.74) is 1.42. The average Bonchev–Trinajstić information content (AvgIpc) is 3.07. The summed E-state index contributed by atoms with van der Waals surface area (Å²) in [5.74, 6) is 1.82. The maximum atomic E-state index is 4.99. The van der Waals surface area contributed by atoms with Crippen LogP contribution in [0.15, 0.2) is 41.7 Å². The van der Waals surface area contributed by atoms with Crippen LogP contribution in [0, 0.1) is 0 Å². The van der Waals surface area contributed by atoms with Crippen molar-refractivity contribution in [2.45, 2.75) is 45.6 Å². The van der Waals surface area contributed by atoms with Crippen molar-refractivity contribution in [3.05, 3.63) is 48.0 Å². The van der Waals surface area contributed by atoms with Crippen molar-refractivity contribution in [1.82, 2.24) is 25.0 Å². The number of hydrogen-bond donors (Lipinski definition) is 1. The number of halogens is 1. The molecule has 1 heterocycles. The van der Waals surface area contributed by atoms with Crippen LogP contribution in [0.25, 0.3) is 0 Å². The first-order valence-electron chi connectivity index (χ1n) is 9.44. The zero-order valence-corrected chi connectivity index (χ0v) is 19.5. The van der Waals surface area contributed by atoms with Gasteiger partial charge in [0.05, 0.1) is 13.1 Å². The molecule has 0 aliphatic carbocycles. The predicted molar refractivity (Wildman–Crippen MR) is 123 cm³/mol. The molecule has 0 fully saturated rings. The first-order valence-corrected chi connectivity index (χ1v) is 9.44. The second-order valence-corrected chi connectivity index (χ2v) is 6.68. The molecule has 2 aromatic rings. The fourth-order valence-corrected chi connectivity index (χ4v) is 3.21. The number of rotatable bonds is 8. The topological polar surface area (TPSA) is 58.3 Å². The molecule has 1 aromatic heterocycles. The Morgan fingerprint density at radius 1 is 1.19 bits per heavy atom. The molecule has 0 saturated heterocycles. The molecular weight excluding hydrogens is 451 g/mol. The Morgan fingerprint density at radius 3 is 2.37 bits per heavy atom. The third-order valence-corrected chi connectivity index (χ3v) is 5.15. The van der Waals surface area contributed by atoms with Crippen molar-refractivity contribution >= 4 is 29.9 Å². The molecule has 2 rings (SSSR count). The maximum absolute atomic E-state index is 4.99. The molecule has 1 aromatic carbocycles. The quantitative estimate of drug-likeness (QED) is 0.354. The Bertz CT molecular complexity index is 694. The van der Waals surface area contributed by atoms with Crippen LogP contribution in [-0.4, -0.2) is 45.8 Å². The van der Waals surface area contributed by atoms with E-state index >= 15 is 0 Å². The monoisotopic (exact) mass is 484 g/mol. The number of guanidine groups is 1. The van der Waals surface area contributed by atoms with Gasteiger partial charge >= 0.3 is 0 Å². The Hall–Kier alpha value is -1.64. The Kier molecular flexibility index (Phi) is 9.76. The number of nitrogens with one attached hydrogen (secondary N) is 1. The molecule has 0 spiro atoms. The summed E-state index contributed by atoms with van der Waals surface area (Å²) in [6.07, 6.45) is 3.70. The van der Waals surface area contributed by atoms with Gasteiger partial charge in [0.1, 0.15) is 12.2 Å². The van der Waals surface area contributed by atoms with E-state index in [9.17, 15) is 0 Å². The lowest BCUT2D eigenvalue weighted by Gasteiger charge is -2.32. The summed E-state index contributed by atoms with van der Waals surface area (Å²) in [6.45, 7) is 8.85. The molecule has 0 radical (unpaired) electrons. The van der Waals surface area contributed by atoms with Gasteiger partial charge in [-0.1, -0.05) is 44.2 Å². The third-order valence-electron chi connectivity index (χ3n) is 5.15. The normalized spacial score (nSPS) is 11.8. The Morgan fingerprint density at radius 2 is 1.85 bits per heavy atom. The van der Waals surface area contributed by atoms with E-state index in [1.807, 2.05) is 14.1 Å². The van der Waals surface area contributed by atoms with Crippen LogP contribution in [0.1, 0.15) is 45.0 Å². The first-order chi connectivity index (χ1) is 12.6. The summed E-state index contributed by atoms with van der Waals surface area (Å²) < 4.78 is 1.80. The highest BCUT2D eigenvalue weighted by Crippen LogP contribution is 2.32. The van der Waals surface area contributed by atoms with Crippen LogP contribution in [-0.2, 0) is 19.0 Å². The van der Waals surface area contributed by atoms with Crippen LogP contribution in [0.5, 0.6) is 0 Å². The molecule has 0 aliphatic rings. The predicted octanol–water partition coefficient (Wildman–Crippen LogP) is 3.59. The van der Waals surface area contributed by atoms with Gasteiger partial charge in [0.25, 0.3) is 0 Å². The van der Waals surface area contributed by atoms with Gasteiger partial charge in [-0.05, 0) is 25.3 Å². The van der Waals surface area contributed by atoms with Crippen LogP contribution < -0.4 is 5.32 Å². The lowest BCUT2D eigenvalue weighted by molar-refractivity contribution is 0.397. The molecule has 0 atom stereocenters. The van der Waals surface area contributed by atoms with E-state index in [1.54, 1.807) is 11.0 Å². The lowest BCUT2D eigenvalue weighted by atomic mass is 9.76. The second-order valence-electron chi connectivity index (χ2n) is 6.68. The number of nitrogens with zero attached hydrogens (tertiary/aromatic N) is 5. The van der Waals surface area contributed by atoms with Gasteiger partial charge in [0, 0.05) is 26.1 Å². The maximum Gasteiger partial charge on any atom is 0.194 e. The van der Waals surface area contributed by atoms with Crippen LogP contribution in [0.4, 0.5) is 0 Å². The van der Waals surface area contributed by atoms with Crippen molar-refractivity contribution < 1.29 is 0 Å². The summed E-state index contributed by atoms with van der Waals surface area (Å²) >= 11 is 0. The summed E-state index contributed by atoms with van der Waals surface area (Å²) in [4.78, 5) is 11.4. The van der Waals surface area contributed by atoms with E-state index in [0.29, 0.717) is 6.54 Å². The molecule has 0 aliphatic heterocycles. The largest absolute Gasteiger partial charge is 0.357 e. The lowest BCUT2D eigenvalue weighted by Crippen LogP contribution is -2.40. The van der Waals surface area contributed by atoms with E-state index in [2.05, 4.69) is 71.4 Å². The highest BCUT2D eigenvalue weighted by Gasteiger charge is 2.28. The second kappa shape index (κ2) is 11.3. The molecule has 150 valence electrons. The number of aromatic nitrogens is 3. The first kappa shape index (κ1) is 23.4. The van der Waals surface area contributed by atoms with Gasteiger partial charge in [-0.15, -0.1) is 24.0 Å². The molecule has 0 saturated carbocycles. The highest BCUT2D eigenvalue weighted by atomic mass is 127. The smallest absolute Gasteiger partial charge is 0.194 e. The molecule has 27 heavy (non-hydrogen) atoms. The zero-order chi connectivity index (χ0) is 19.0. The molecule has 6 nitrogen and oxygen atoms in total. The van der Waals surface area contributed by atoms with Crippen molar-refractivity contribution in [2.75, 3.05) is 20.1 Å². The van der Waals surface area contributed by atoms with E-state index in [4.69, 9.17) is 4.99 Å². The molecule has 1 N–H and O–H groups in total. The van der Waals surface area contributed by atoms with Gasteiger partial charge < -0.3 is 10.2 Å². The van der Waals surface area contributed by atoms with Crippen molar-refractivity contribution in [2.24, 2.45) is 12.0 Å². The van der Waals surface area contributed by atoms with Crippen molar-refractivity contribution in [3.63, 3.8) is 0 Å². The zero-order valence-electron chi connectivity index (χ0n) is 17.1.